The molecule has 17 heavy (non-hydrogen) atoms. The Morgan fingerprint density at radius 3 is 2.76 bits per heavy atom. The summed E-state index contributed by atoms with van der Waals surface area (Å²) in [6, 6.07) is 1.23. The van der Waals surface area contributed by atoms with Crippen molar-refractivity contribution in [1.29, 1.82) is 0 Å². The van der Waals surface area contributed by atoms with Crippen LogP contribution in [0.15, 0.2) is 12.2 Å². The highest BCUT2D eigenvalue weighted by atomic mass is 19.3. The quantitative estimate of drug-likeness (QED) is 0.815. The number of rotatable bonds is 4. The Bertz CT molecular complexity index is 434. The molecule has 1 saturated carbocycles. The molecule has 0 amide bonds. The molecule has 0 aromatic carbocycles. The smallest absolute Gasteiger partial charge is 0.303 e. The van der Waals surface area contributed by atoms with Gasteiger partial charge >= 0.3 is 5.92 Å². The van der Waals surface area contributed by atoms with Gasteiger partial charge < -0.3 is 9.47 Å². The van der Waals surface area contributed by atoms with Gasteiger partial charge in [0, 0.05) is 39.1 Å². The highest BCUT2D eigenvalue weighted by Gasteiger charge is 2.32. The maximum atomic E-state index is 13.1. The first-order valence-electron chi connectivity index (χ1n) is 5.82. The number of methoxy groups -OCH3 is 1. The lowest BCUT2D eigenvalue weighted by Crippen LogP contribution is -2.39. The molecule has 94 valence electrons. The van der Waals surface area contributed by atoms with Crippen molar-refractivity contribution in [2.75, 3.05) is 7.11 Å². The number of halogens is 2. The zero-order valence-electron chi connectivity index (χ0n) is 10.6. The molecule has 0 bridgehead atoms. The molecule has 0 spiro atoms. The van der Waals surface area contributed by atoms with Crippen LogP contribution in [0.5, 0.6) is 5.88 Å². The minimum atomic E-state index is -3.18. The van der Waals surface area contributed by atoms with E-state index in [0.29, 0.717) is 19.8 Å². The van der Waals surface area contributed by atoms with Crippen molar-refractivity contribution in [1.82, 2.24) is 9.97 Å². The van der Waals surface area contributed by atoms with Crippen molar-refractivity contribution in [3.8, 4) is 5.88 Å². The number of alkyl halides is 2. The molecule has 0 aliphatic heterocycles. The number of hydrogen-bond donors (Lipinski definition) is 0. The van der Waals surface area contributed by atoms with Gasteiger partial charge in [-0.2, -0.15) is 13.8 Å². The largest absolute Gasteiger partial charge is 0.474 e. The van der Waals surface area contributed by atoms with Crippen LogP contribution in [0.4, 0.5) is 8.78 Å². The molecule has 1 aliphatic carbocycles. The maximum Gasteiger partial charge on any atom is 0.303 e. The second-order valence-corrected chi connectivity index (χ2v) is 4.12. The summed E-state index contributed by atoms with van der Waals surface area (Å²) in [5.74, 6) is -3.84. The van der Waals surface area contributed by atoms with Gasteiger partial charge in [0.05, 0.1) is 7.47 Å². The van der Waals surface area contributed by atoms with Crippen LogP contribution in [0, 0.1) is 0 Å². The van der Waals surface area contributed by atoms with Crippen LogP contribution in [0.1, 0.15) is 27.0 Å². The minimum Gasteiger partial charge on any atom is -0.474 e. The van der Waals surface area contributed by atoms with E-state index in [2.05, 4.69) is 9.97 Å². The van der Waals surface area contributed by atoms with E-state index in [0.717, 1.165) is 0 Å². The average molecular weight is 245 g/mol. The summed E-state index contributed by atoms with van der Waals surface area (Å²) < 4.78 is 44.0. The summed E-state index contributed by atoms with van der Waals surface area (Å²) in [6.07, 6.45) is 1.18. The second-order valence-electron chi connectivity index (χ2n) is 4.12. The summed E-state index contributed by atoms with van der Waals surface area (Å²) >= 11 is 0. The fraction of sp³-hybridized carbons (Fsp3) is 0.636. The predicted molar refractivity (Wildman–Crippen MR) is 56.0 cm³/mol. The number of nitrogens with zero attached hydrogens (tertiary/aromatic N) is 2. The third kappa shape index (κ3) is 2.88. The summed E-state index contributed by atoms with van der Waals surface area (Å²) in [5, 5.41) is 0. The van der Waals surface area contributed by atoms with E-state index >= 15 is 0 Å². The van der Waals surface area contributed by atoms with Gasteiger partial charge in [-0.15, -0.1) is 0 Å². The molecule has 4 nitrogen and oxygen atoms in total. The molecule has 1 aromatic rings. The van der Waals surface area contributed by atoms with Gasteiger partial charge in [0.2, 0.25) is 11.7 Å². The van der Waals surface area contributed by atoms with E-state index in [1.807, 2.05) is 0 Å². The molecule has 1 fully saturated rings. The Kier molecular flexibility index (Phi) is 2.88. The predicted octanol–water partition coefficient (Wildman–Crippen LogP) is 2.14. The zero-order valence-corrected chi connectivity index (χ0v) is 9.61. The summed E-state index contributed by atoms with van der Waals surface area (Å²) in [6.45, 7) is 0.690. The first-order chi connectivity index (χ1) is 8.38. The summed E-state index contributed by atoms with van der Waals surface area (Å²) in [4.78, 5) is 7.02. The highest BCUT2D eigenvalue weighted by Crippen LogP contribution is 2.28. The molecule has 0 radical (unpaired) electrons. The fourth-order valence-electron chi connectivity index (χ4n) is 1.54. The van der Waals surface area contributed by atoms with Gasteiger partial charge in [0.1, 0.15) is 6.10 Å². The van der Waals surface area contributed by atoms with E-state index < -0.39 is 11.7 Å². The second kappa shape index (κ2) is 4.52. The van der Waals surface area contributed by atoms with Crippen LogP contribution in [-0.4, -0.2) is 29.3 Å². The molecule has 2 rings (SSSR count). The van der Waals surface area contributed by atoms with Crippen LogP contribution < -0.4 is 4.74 Å². The van der Waals surface area contributed by atoms with Crippen molar-refractivity contribution in [2.45, 2.75) is 37.9 Å². The maximum absolute atomic E-state index is 13.1. The lowest BCUT2D eigenvalue weighted by molar-refractivity contribution is -0.0409. The van der Waals surface area contributed by atoms with Crippen molar-refractivity contribution in [3.05, 3.63) is 18.1 Å². The SMILES string of the molecule is [2H]c1cc(OC2CC(OC)C2)nc(C(C)(F)F)n1. The van der Waals surface area contributed by atoms with Gasteiger partial charge in [-0.3, -0.25) is 0 Å². The summed E-state index contributed by atoms with van der Waals surface area (Å²) in [5.41, 5.74) is 0. The molecule has 0 unspecified atom stereocenters. The van der Waals surface area contributed by atoms with Gasteiger partial charge in [-0.1, -0.05) is 0 Å². The van der Waals surface area contributed by atoms with Crippen molar-refractivity contribution in [3.63, 3.8) is 0 Å². The zero-order chi connectivity index (χ0) is 13.3. The molecule has 0 saturated heterocycles. The minimum absolute atomic E-state index is 0.0195. The van der Waals surface area contributed by atoms with Crippen LogP contribution in [0.3, 0.4) is 0 Å². The normalized spacial score (nSPS) is 25.1. The monoisotopic (exact) mass is 245 g/mol. The highest BCUT2D eigenvalue weighted by molar-refractivity contribution is 5.11. The molecule has 1 aromatic heterocycles. The lowest BCUT2D eigenvalue weighted by Gasteiger charge is -2.33. The first-order valence-corrected chi connectivity index (χ1v) is 5.32. The van der Waals surface area contributed by atoms with Gasteiger partial charge in [0.15, 0.2) is 0 Å². The van der Waals surface area contributed by atoms with E-state index in [-0.39, 0.29) is 24.3 Å². The van der Waals surface area contributed by atoms with Crippen molar-refractivity contribution in [2.24, 2.45) is 0 Å². The Labute approximate surface area is 99.4 Å². The molecule has 1 aliphatic rings. The third-order valence-electron chi connectivity index (χ3n) is 2.64. The van der Waals surface area contributed by atoms with Crippen LogP contribution >= 0.6 is 0 Å². The van der Waals surface area contributed by atoms with E-state index in [9.17, 15) is 8.78 Å². The Balaban J connectivity index is 2.07. The Morgan fingerprint density at radius 1 is 1.47 bits per heavy atom. The lowest BCUT2D eigenvalue weighted by atomic mass is 9.92. The third-order valence-corrected chi connectivity index (χ3v) is 2.64. The molecule has 6 heteroatoms. The molecule has 0 N–H and O–H groups in total. The molecular formula is C11H14F2N2O2. The molecule has 1 heterocycles. The topological polar surface area (TPSA) is 44.2 Å². The van der Waals surface area contributed by atoms with Crippen molar-refractivity contribution < 1.29 is 19.6 Å². The van der Waals surface area contributed by atoms with E-state index in [1.54, 1.807) is 7.11 Å². The Hall–Kier alpha value is -1.30. The number of aromatic nitrogens is 2. The standard InChI is InChI=1S/C11H14F2N2O2/c1-11(12,13)10-14-4-3-9(15-10)17-8-5-7(6-8)16-2/h3-4,7-8H,5-6H2,1-2H3/i4D. The van der Waals surface area contributed by atoms with E-state index in [4.69, 9.17) is 10.8 Å². The summed E-state index contributed by atoms with van der Waals surface area (Å²) in [7, 11) is 1.61. The van der Waals surface area contributed by atoms with Crippen LogP contribution in [-0.2, 0) is 10.7 Å². The number of ether oxygens (including phenoxy) is 2. The number of hydrogen-bond acceptors (Lipinski definition) is 4. The van der Waals surface area contributed by atoms with Crippen molar-refractivity contribution >= 4 is 0 Å². The van der Waals surface area contributed by atoms with Gasteiger partial charge in [-0.25, -0.2) is 4.98 Å². The first kappa shape index (κ1) is 10.8. The fourth-order valence-corrected chi connectivity index (χ4v) is 1.54. The van der Waals surface area contributed by atoms with E-state index in [1.165, 1.54) is 6.07 Å². The molecular weight excluding hydrogens is 230 g/mol. The van der Waals surface area contributed by atoms with Crippen LogP contribution in [0.25, 0.3) is 0 Å². The van der Waals surface area contributed by atoms with Gasteiger partial charge in [-0.05, 0) is 0 Å². The average Bonchev–Trinajstić information content (AvgIpc) is 2.20. The van der Waals surface area contributed by atoms with Gasteiger partial charge in [0.25, 0.3) is 0 Å². The van der Waals surface area contributed by atoms with Crippen LogP contribution in [0.2, 0.25) is 0 Å². The Morgan fingerprint density at radius 2 is 2.18 bits per heavy atom. The molecule has 0 atom stereocenters.